The third-order valence-electron chi connectivity index (χ3n) is 1.92. The molecule has 0 atom stereocenters. The maximum Gasteiger partial charge on any atom is 0.136 e. The zero-order valence-corrected chi connectivity index (χ0v) is 6.14. The molecule has 1 saturated heterocycles. The van der Waals surface area contributed by atoms with Gasteiger partial charge in [-0.1, -0.05) is 0 Å². The molecule has 2 nitrogen and oxygen atoms in total. The lowest BCUT2D eigenvalue weighted by Gasteiger charge is -2.19. The summed E-state index contributed by atoms with van der Waals surface area (Å²) in [4.78, 5) is 11.0. The van der Waals surface area contributed by atoms with Crippen molar-refractivity contribution in [1.82, 2.24) is 0 Å². The standard InChI is InChI=1S/C8H13O2/c1-2-8(9)7-3-5-10-6-4-7/h7H,1-6H2. The van der Waals surface area contributed by atoms with Crippen molar-refractivity contribution in [2.45, 2.75) is 19.3 Å². The minimum Gasteiger partial charge on any atom is -0.381 e. The van der Waals surface area contributed by atoms with Crippen LogP contribution in [0.5, 0.6) is 0 Å². The molecule has 0 unspecified atom stereocenters. The summed E-state index contributed by atoms with van der Waals surface area (Å²) in [6, 6.07) is 0. The number of ether oxygens (including phenoxy) is 1. The number of rotatable bonds is 2. The van der Waals surface area contributed by atoms with Gasteiger partial charge in [-0.15, -0.1) is 0 Å². The predicted molar refractivity (Wildman–Crippen MR) is 38.5 cm³/mol. The number of ketones is 1. The Kier molecular flexibility index (Phi) is 2.87. The Hall–Kier alpha value is -0.370. The van der Waals surface area contributed by atoms with Crippen LogP contribution in [0.2, 0.25) is 0 Å². The molecular formula is C8H13O2. The molecular weight excluding hydrogens is 128 g/mol. The van der Waals surface area contributed by atoms with Crippen LogP contribution < -0.4 is 0 Å². The molecule has 1 radical (unpaired) electrons. The number of carbonyl (C=O) groups excluding carboxylic acids is 1. The van der Waals surface area contributed by atoms with Gasteiger partial charge in [-0.05, 0) is 19.8 Å². The molecule has 1 rings (SSSR count). The van der Waals surface area contributed by atoms with E-state index in [-0.39, 0.29) is 5.92 Å². The van der Waals surface area contributed by atoms with Crippen molar-refractivity contribution < 1.29 is 9.53 Å². The molecule has 57 valence electrons. The fraction of sp³-hybridized carbons (Fsp3) is 0.750. The van der Waals surface area contributed by atoms with Crippen LogP contribution in [-0.2, 0) is 9.53 Å². The minimum absolute atomic E-state index is 0.242. The van der Waals surface area contributed by atoms with Crippen LogP contribution in [0.4, 0.5) is 0 Å². The smallest absolute Gasteiger partial charge is 0.136 e. The van der Waals surface area contributed by atoms with Crippen molar-refractivity contribution in [1.29, 1.82) is 0 Å². The minimum atomic E-state index is 0.242. The lowest BCUT2D eigenvalue weighted by molar-refractivity contribution is -0.124. The van der Waals surface area contributed by atoms with Gasteiger partial charge in [-0.25, -0.2) is 0 Å². The van der Waals surface area contributed by atoms with E-state index in [0.717, 1.165) is 26.1 Å². The summed E-state index contributed by atoms with van der Waals surface area (Å²) in [7, 11) is 0. The summed E-state index contributed by atoms with van der Waals surface area (Å²) >= 11 is 0. The van der Waals surface area contributed by atoms with Crippen LogP contribution in [0, 0.1) is 12.8 Å². The Bertz CT molecular complexity index is 114. The van der Waals surface area contributed by atoms with Crippen molar-refractivity contribution >= 4 is 5.78 Å². The molecule has 10 heavy (non-hydrogen) atoms. The molecule has 0 N–H and O–H groups in total. The second kappa shape index (κ2) is 3.71. The highest BCUT2D eigenvalue weighted by molar-refractivity contribution is 5.81. The molecule has 1 heterocycles. The zero-order chi connectivity index (χ0) is 7.40. The van der Waals surface area contributed by atoms with Gasteiger partial charge < -0.3 is 4.74 Å². The fourth-order valence-electron chi connectivity index (χ4n) is 1.22. The first-order chi connectivity index (χ1) is 4.84. The van der Waals surface area contributed by atoms with Gasteiger partial charge in [-0.2, -0.15) is 0 Å². The quantitative estimate of drug-likeness (QED) is 0.577. The molecule has 1 fully saturated rings. The molecule has 0 aliphatic carbocycles. The highest BCUT2D eigenvalue weighted by Crippen LogP contribution is 2.16. The Labute approximate surface area is 61.6 Å². The van der Waals surface area contributed by atoms with Gasteiger partial charge in [0.1, 0.15) is 5.78 Å². The van der Waals surface area contributed by atoms with E-state index in [0.29, 0.717) is 12.2 Å². The molecule has 0 aromatic carbocycles. The van der Waals surface area contributed by atoms with E-state index in [1.165, 1.54) is 0 Å². The van der Waals surface area contributed by atoms with Crippen LogP contribution in [0.1, 0.15) is 19.3 Å². The summed E-state index contributed by atoms with van der Waals surface area (Å²) in [6.07, 6.45) is 2.23. The third kappa shape index (κ3) is 1.81. The zero-order valence-electron chi connectivity index (χ0n) is 6.14. The summed E-state index contributed by atoms with van der Waals surface area (Å²) in [5.74, 6) is 0.537. The monoisotopic (exact) mass is 141 g/mol. The molecule has 0 aromatic rings. The van der Waals surface area contributed by atoms with Crippen molar-refractivity contribution in [3.8, 4) is 0 Å². The van der Waals surface area contributed by atoms with Crippen LogP contribution in [0.25, 0.3) is 0 Å². The molecule has 0 saturated carbocycles. The molecule has 0 amide bonds. The molecule has 1 aliphatic rings. The van der Waals surface area contributed by atoms with Gasteiger partial charge in [-0.3, -0.25) is 4.79 Å². The topological polar surface area (TPSA) is 26.3 Å². The lowest BCUT2D eigenvalue weighted by Crippen LogP contribution is -2.22. The Morgan fingerprint density at radius 1 is 1.50 bits per heavy atom. The van der Waals surface area contributed by atoms with Gasteiger partial charge >= 0.3 is 0 Å². The number of hydrogen-bond acceptors (Lipinski definition) is 2. The van der Waals surface area contributed by atoms with Crippen LogP contribution >= 0.6 is 0 Å². The normalized spacial score (nSPS) is 20.9. The number of carbonyl (C=O) groups is 1. The van der Waals surface area contributed by atoms with Crippen molar-refractivity contribution in [3.05, 3.63) is 6.92 Å². The first kappa shape index (κ1) is 7.73. The average molecular weight is 141 g/mol. The fourth-order valence-corrected chi connectivity index (χ4v) is 1.22. The summed E-state index contributed by atoms with van der Waals surface area (Å²) in [5, 5.41) is 0. The largest absolute Gasteiger partial charge is 0.381 e. The van der Waals surface area contributed by atoms with Gasteiger partial charge in [0.15, 0.2) is 0 Å². The molecule has 0 aromatic heterocycles. The average Bonchev–Trinajstić information content (AvgIpc) is 2.05. The number of Topliss-reactive ketones (excluding diaryl/α,β-unsaturated/α-hetero) is 1. The Morgan fingerprint density at radius 3 is 2.60 bits per heavy atom. The van der Waals surface area contributed by atoms with E-state index in [4.69, 9.17) is 4.74 Å². The van der Waals surface area contributed by atoms with E-state index in [2.05, 4.69) is 6.92 Å². The third-order valence-corrected chi connectivity index (χ3v) is 1.92. The predicted octanol–water partition coefficient (Wildman–Crippen LogP) is 1.21. The Morgan fingerprint density at radius 2 is 2.10 bits per heavy atom. The number of hydrogen-bond donors (Lipinski definition) is 0. The maximum absolute atomic E-state index is 11.0. The van der Waals surface area contributed by atoms with E-state index in [9.17, 15) is 4.79 Å². The van der Waals surface area contributed by atoms with E-state index in [1.54, 1.807) is 0 Å². The highest BCUT2D eigenvalue weighted by Gasteiger charge is 2.19. The molecule has 1 aliphatic heterocycles. The highest BCUT2D eigenvalue weighted by atomic mass is 16.5. The van der Waals surface area contributed by atoms with Crippen LogP contribution in [0.3, 0.4) is 0 Å². The van der Waals surface area contributed by atoms with Crippen molar-refractivity contribution in [2.24, 2.45) is 5.92 Å². The van der Waals surface area contributed by atoms with Crippen molar-refractivity contribution in [3.63, 3.8) is 0 Å². The van der Waals surface area contributed by atoms with Gasteiger partial charge in [0.05, 0.1) is 0 Å². The van der Waals surface area contributed by atoms with E-state index < -0.39 is 0 Å². The summed E-state index contributed by atoms with van der Waals surface area (Å²) in [5.41, 5.74) is 0. The van der Waals surface area contributed by atoms with Gasteiger partial charge in [0.2, 0.25) is 0 Å². The Balaban J connectivity index is 2.31. The first-order valence-electron chi connectivity index (χ1n) is 3.74. The van der Waals surface area contributed by atoms with E-state index in [1.807, 2.05) is 0 Å². The van der Waals surface area contributed by atoms with E-state index >= 15 is 0 Å². The second-order valence-corrected chi connectivity index (χ2v) is 2.60. The van der Waals surface area contributed by atoms with Gasteiger partial charge in [0.25, 0.3) is 0 Å². The van der Waals surface area contributed by atoms with Crippen LogP contribution in [-0.4, -0.2) is 19.0 Å². The second-order valence-electron chi connectivity index (χ2n) is 2.60. The SMILES string of the molecule is [CH2]CC(=O)C1CCOCC1. The first-order valence-corrected chi connectivity index (χ1v) is 3.74. The summed E-state index contributed by atoms with van der Waals surface area (Å²) in [6.45, 7) is 5.06. The summed E-state index contributed by atoms with van der Waals surface area (Å²) < 4.78 is 5.12. The van der Waals surface area contributed by atoms with Gasteiger partial charge in [0, 0.05) is 25.6 Å². The molecule has 2 heteroatoms. The molecule has 0 spiro atoms. The lowest BCUT2D eigenvalue weighted by atomic mass is 9.94. The van der Waals surface area contributed by atoms with Crippen LogP contribution in [0.15, 0.2) is 0 Å². The van der Waals surface area contributed by atoms with Crippen molar-refractivity contribution in [2.75, 3.05) is 13.2 Å². The maximum atomic E-state index is 11.0. The molecule has 0 bridgehead atoms.